The van der Waals surface area contributed by atoms with Crippen LogP contribution in [-0.2, 0) is 33.2 Å². The molecule has 3 heterocycles. The van der Waals surface area contributed by atoms with Gasteiger partial charge in [-0.25, -0.2) is 0 Å². The zero-order valence-corrected chi connectivity index (χ0v) is 46.2. The summed E-state index contributed by atoms with van der Waals surface area (Å²) < 4.78 is 34.2. The van der Waals surface area contributed by atoms with Gasteiger partial charge in [-0.2, -0.15) is 0 Å². The van der Waals surface area contributed by atoms with Crippen molar-refractivity contribution in [3.8, 4) is 0 Å². The Bertz CT molecular complexity index is 1490. The van der Waals surface area contributed by atoms with Crippen molar-refractivity contribution in [1.29, 1.82) is 0 Å². The largest absolute Gasteiger partial charge is 0.394 e. The Labute approximate surface area is 454 Å². The van der Waals surface area contributed by atoms with Crippen LogP contribution in [0.1, 0.15) is 200 Å². The second-order valence-corrected chi connectivity index (χ2v) is 21.5. The molecule has 0 saturated carbocycles. The van der Waals surface area contributed by atoms with Gasteiger partial charge in [0.2, 0.25) is 5.91 Å². The van der Waals surface area contributed by atoms with Gasteiger partial charge < -0.3 is 89.9 Å². The average molecular weight is 1090 g/mol. The summed E-state index contributed by atoms with van der Waals surface area (Å²) in [5.74, 6) is -0.286. The van der Waals surface area contributed by atoms with Crippen LogP contribution in [0.3, 0.4) is 0 Å². The highest BCUT2D eigenvalue weighted by atomic mass is 16.8. The van der Waals surface area contributed by atoms with E-state index in [9.17, 15) is 61.0 Å². The maximum Gasteiger partial charge on any atom is 0.220 e. The van der Waals surface area contributed by atoms with Crippen LogP contribution in [0.2, 0.25) is 0 Å². The highest BCUT2D eigenvalue weighted by molar-refractivity contribution is 5.76. The van der Waals surface area contributed by atoms with Gasteiger partial charge in [0.1, 0.15) is 73.2 Å². The van der Waals surface area contributed by atoms with E-state index < -0.39 is 124 Å². The molecule has 17 atom stereocenters. The Morgan fingerprint density at radius 3 is 1.30 bits per heavy atom. The minimum absolute atomic E-state index is 0.234. The maximum absolute atomic E-state index is 13.3. The first-order valence-corrected chi connectivity index (χ1v) is 29.6. The number of hydrogen-bond acceptors (Lipinski definition) is 18. The van der Waals surface area contributed by atoms with Gasteiger partial charge in [-0.3, -0.25) is 4.79 Å². The van der Waals surface area contributed by atoms with Gasteiger partial charge in [-0.1, -0.05) is 173 Å². The van der Waals surface area contributed by atoms with E-state index in [0.29, 0.717) is 6.42 Å². The molecule has 0 aliphatic carbocycles. The first kappa shape index (κ1) is 68.5. The van der Waals surface area contributed by atoms with Crippen LogP contribution >= 0.6 is 0 Å². The van der Waals surface area contributed by atoms with Crippen molar-refractivity contribution in [2.45, 2.75) is 304 Å². The summed E-state index contributed by atoms with van der Waals surface area (Å²) in [5.41, 5.74) is 0. The number of aliphatic hydroxyl groups is 11. The SMILES string of the molecule is CCCCC/C=C\CCCCCCCC(=O)NC(COC1OC(CO)C(OC2OC(CO)C(OC3OC(CO)C(O)C(O)C3O)C(O)C2O)C(O)C1O)C(O)/C=C/CCCCCCCCCCCCCCCCCCC. The van der Waals surface area contributed by atoms with E-state index >= 15 is 0 Å². The Balaban J connectivity index is 1.51. The van der Waals surface area contributed by atoms with Crippen LogP contribution < -0.4 is 5.32 Å². The van der Waals surface area contributed by atoms with Gasteiger partial charge in [-0.05, 0) is 44.9 Å². The van der Waals surface area contributed by atoms with E-state index in [4.69, 9.17) is 28.4 Å². The fraction of sp³-hybridized carbons (Fsp3) is 0.912. The number of carbonyl (C=O) groups excluding carboxylic acids is 1. The van der Waals surface area contributed by atoms with Crippen LogP contribution in [0, 0.1) is 0 Å². The number of rotatable bonds is 43. The zero-order chi connectivity index (χ0) is 55.5. The second kappa shape index (κ2) is 41.3. The van der Waals surface area contributed by atoms with Crippen molar-refractivity contribution in [2.24, 2.45) is 0 Å². The molecule has 76 heavy (non-hydrogen) atoms. The molecule has 3 aliphatic heterocycles. The summed E-state index contributed by atoms with van der Waals surface area (Å²) in [6, 6.07) is -0.973. The summed E-state index contributed by atoms with van der Waals surface area (Å²) in [5, 5.41) is 120. The van der Waals surface area contributed by atoms with Gasteiger partial charge in [0.15, 0.2) is 18.9 Å². The normalized spacial score (nSPS) is 31.1. The molecule has 3 saturated heterocycles. The monoisotopic (exact) mass is 1090 g/mol. The smallest absolute Gasteiger partial charge is 0.220 e. The molecule has 0 aromatic heterocycles. The van der Waals surface area contributed by atoms with Crippen LogP contribution in [-0.4, -0.2) is 193 Å². The minimum atomic E-state index is -1.98. The third kappa shape index (κ3) is 25.4. The van der Waals surface area contributed by atoms with Gasteiger partial charge in [0.25, 0.3) is 0 Å². The Morgan fingerprint density at radius 2 is 0.829 bits per heavy atom. The molecule has 0 radical (unpaired) electrons. The predicted octanol–water partition coefficient (Wildman–Crippen LogP) is 4.76. The average Bonchev–Trinajstić information content (AvgIpc) is 3.42. The number of carbonyl (C=O) groups is 1. The molecule has 0 spiro atoms. The first-order valence-electron chi connectivity index (χ1n) is 29.6. The molecule has 19 heteroatoms. The van der Waals surface area contributed by atoms with Crippen molar-refractivity contribution in [3.05, 3.63) is 24.3 Å². The highest BCUT2D eigenvalue weighted by Crippen LogP contribution is 2.33. The summed E-state index contributed by atoms with van der Waals surface area (Å²) >= 11 is 0. The molecule has 12 N–H and O–H groups in total. The van der Waals surface area contributed by atoms with Crippen molar-refractivity contribution >= 4 is 5.91 Å². The molecule has 1 amide bonds. The fourth-order valence-corrected chi connectivity index (χ4v) is 10.1. The third-order valence-corrected chi connectivity index (χ3v) is 15.0. The van der Waals surface area contributed by atoms with E-state index in [1.165, 1.54) is 109 Å². The highest BCUT2D eigenvalue weighted by Gasteiger charge is 2.53. The Kier molecular flexibility index (Phi) is 37.2. The van der Waals surface area contributed by atoms with Crippen molar-refractivity contribution in [3.63, 3.8) is 0 Å². The summed E-state index contributed by atoms with van der Waals surface area (Å²) in [4.78, 5) is 13.3. The second-order valence-electron chi connectivity index (χ2n) is 21.5. The lowest BCUT2D eigenvalue weighted by Crippen LogP contribution is -2.66. The van der Waals surface area contributed by atoms with Crippen LogP contribution in [0.15, 0.2) is 24.3 Å². The quantitative estimate of drug-likeness (QED) is 0.0289. The van der Waals surface area contributed by atoms with E-state index in [1.807, 2.05) is 6.08 Å². The standard InChI is InChI=1S/C57H105NO18/c1-3-5-7-9-11-13-15-17-18-19-20-21-22-23-24-26-28-30-32-34-41(62)40(58-45(63)35-33-31-29-27-25-16-14-12-10-8-6-4-2)39-71-55-51(69)48(66)53(43(37-60)73-55)76-57-52(70)49(67)54(44(38-61)74-57)75-56-50(68)47(65)46(64)42(36-59)72-56/h12,14,32,34,40-44,46-57,59-62,64-70H,3-11,13,15-31,33,35-39H2,1-2H3,(H,58,63)/b14-12-,34-32+. The molecule has 19 nitrogen and oxygen atoms in total. The number of amides is 1. The van der Waals surface area contributed by atoms with Gasteiger partial charge in [0, 0.05) is 6.42 Å². The van der Waals surface area contributed by atoms with Gasteiger partial charge >= 0.3 is 0 Å². The van der Waals surface area contributed by atoms with Crippen LogP contribution in [0.4, 0.5) is 0 Å². The number of nitrogens with one attached hydrogen (secondary N) is 1. The van der Waals surface area contributed by atoms with Crippen molar-refractivity contribution in [2.75, 3.05) is 26.4 Å². The van der Waals surface area contributed by atoms with E-state index in [2.05, 4.69) is 31.3 Å². The number of ether oxygens (including phenoxy) is 6. The Hall–Kier alpha value is -1.73. The molecule has 0 bridgehead atoms. The lowest BCUT2D eigenvalue weighted by Gasteiger charge is -2.48. The number of hydrogen-bond donors (Lipinski definition) is 12. The first-order chi connectivity index (χ1) is 36.8. The fourth-order valence-electron chi connectivity index (χ4n) is 10.1. The van der Waals surface area contributed by atoms with Gasteiger partial charge in [0.05, 0.1) is 38.6 Å². The number of aliphatic hydroxyl groups excluding tert-OH is 11. The van der Waals surface area contributed by atoms with E-state index in [0.717, 1.165) is 64.2 Å². The van der Waals surface area contributed by atoms with Crippen molar-refractivity contribution < 1.29 is 89.4 Å². The molecule has 3 fully saturated rings. The van der Waals surface area contributed by atoms with Crippen LogP contribution in [0.5, 0.6) is 0 Å². The molecule has 0 aromatic carbocycles. The zero-order valence-electron chi connectivity index (χ0n) is 46.2. The van der Waals surface area contributed by atoms with E-state index in [1.54, 1.807) is 6.08 Å². The third-order valence-electron chi connectivity index (χ3n) is 15.0. The van der Waals surface area contributed by atoms with E-state index in [-0.39, 0.29) is 18.9 Å². The maximum atomic E-state index is 13.3. The molecular weight excluding hydrogens is 987 g/mol. The van der Waals surface area contributed by atoms with Gasteiger partial charge in [-0.15, -0.1) is 0 Å². The minimum Gasteiger partial charge on any atom is -0.394 e. The molecule has 3 aliphatic rings. The summed E-state index contributed by atoms with van der Waals surface area (Å²) in [6.45, 7) is 1.68. The van der Waals surface area contributed by atoms with Crippen molar-refractivity contribution in [1.82, 2.24) is 5.32 Å². The summed E-state index contributed by atoms with van der Waals surface area (Å²) in [7, 11) is 0. The molecule has 3 rings (SSSR count). The summed E-state index contributed by atoms with van der Waals surface area (Å²) in [6.07, 6.45) is 14.5. The molecule has 17 unspecified atom stereocenters. The molecule has 446 valence electrons. The lowest BCUT2D eigenvalue weighted by molar-refractivity contribution is -0.379. The van der Waals surface area contributed by atoms with Crippen LogP contribution in [0.25, 0.3) is 0 Å². The predicted molar refractivity (Wildman–Crippen MR) is 286 cm³/mol. The number of allylic oxidation sites excluding steroid dienone is 3. The lowest BCUT2D eigenvalue weighted by atomic mass is 9.96. The Morgan fingerprint density at radius 1 is 0.461 bits per heavy atom. The number of unbranched alkanes of at least 4 members (excludes halogenated alkanes) is 25. The molecular formula is C57H105NO18. The molecule has 0 aromatic rings. The topological polar surface area (TPSA) is 307 Å².